The molecule has 5 rings (SSSR count). The third kappa shape index (κ3) is 2.68. The first-order valence-electron chi connectivity index (χ1n) is 10.5. The molecule has 1 N–H and O–H groups in total. The van der Waals surface area contributed by atoms with E-state index in [2.05, 4.69) is 17.1 Å². The summed E-state index contributed by atoms with van der Waals surface area (Å²) >= 11 is 0. The number of nitrogens with zero attached hydrogens (tertiary/aromatic N) is 2. The van der Waals surface area contributed by atoms with Gasteiger partial charge >= 0.3 is 0 Å². The third-order valence-electron chi connectivity index (χ3n) is 7.03. The van der Waals surface area contributed by atoms with E-state index in [-0.39, 0.29) is 34.9 Å². The first-order chi connectivity index (χ1) is 14.5. The van der Waals surface area contributed by atoms with E-state index >= 15 is 0 Å². The molecule has 0 spiro atoms. The lowest BCUT2D eigenvalue weighted by Gasteiger charge is -2.50. The Balaban J connectivity index is 1.79. The molecule has 30 heavy (non-hydrogen) atoms. The number of hydrogen-bond acceptors (Lipinski definition) is 4. The number of rotatable bonds is 2. The Kier molecular flexibility index (Phi) is 4.42. The molecular formula is C25H23FN2O2. The molecule has 0 amide bonds. The van der Waals surface area contributed by atoms with Crippen LogP contribution in [0.1, 0.15) is 43.0 Å². The van der Waals surface area contributed by atoms with Crippen LogP contribution in [0.15, 0.2) is 54.6 Å². The van der Waals surface area contributed by atoms with Gasteiger partial charge in [0, 0.05) is 23.3 Å². The summed E-state index contributed by atoms with van der Waals surface area (Å²) in [5.41, 5.74) is 2.32. The molecule has 2 aromatic carbocycles. The summed E-state index contributed by atoms with van der Waals surface area (Å²) in [7, 11) is 0. The van der Waals surface area contributed by atoms with Crippen molar-refractivity contribution in [2.45, 2.75) is 38.0 Å². The molecule has 3 atom stereocenters. The minimum atomic E-state index is -0.497. The van der Waals surface area contributed by atoms with Gasteiger partial charge in [0.15, 0.2) is 5.82 Å². The molecule has 2 aliphatic carbocycles. The summed E-state index contributed by atoms with van der Waals surface area (Å²) in [5, 5.41) is 10.8. The fourth-order valence-electron chi connectivity index (χ4n) is 5.54. The molecule has 1 aromatic heterocycles. The van der Waals surface area contributed by atoms with Gasteiger partial charge in [0.1, 0.15) is 11.6 Å². The first-order valence-corrected chi connectivity index (χ1v) is 10.5. The number of fused-ring (bicyclic) bond motifs is 3. The van der Waals surface area contributed by atoms with E-state index < -0.39 is 11.2 Å². The van der Waals surface area contributed by atoms with E-state index in [0.29, 0.717) is 19.3 Å². The van der Waals surface area contributed by atoms with E-state index in [0.717, 1.165) is 23.2 Å². The maximum Gasteiger partial charge on any atom is 0.218 e. The normalized spacial score (nSPS) is 25.5. The molecule has 1 fully saturated rings. The molecule has 0 bridgehead atoms. The highest BCUT2D eigenvalue weighted by atomic mass is 19.1. The van der Waals surface area contributed by atoms with Crippen molar-refractivity contribution in [3.05, 3.63) is 77.2 Å². The SMILES string of the molecule is C[C@@H]1C(=O)CC[C@]2(c3ccccc3)c3nc(-c4ccccc4F)nc(O)c3CC[C@@H]12. The highest BCUT2D eigenvalue weighted by Gasteiger charge is 2.53. The lowest BCUT2D eigenvalue weighted by atomic mass is 9.53. The van der Waals surface area contributed by atoms with Crippen LogP contribution in [0.2, 0.25) is 0 Å². The quantitative estimate of drug-likeness (QED) is 0.667. The zero-order valence-electron chi connectivity index (χ0n) is 16.8. The maximum absolute atomic E-state index is 14.5. The second-order valence-corrected chi connectivity index (χ2v) is 8.42. The van der Waals surface area contributed by atoms with Gasteiger partial charge in [-0.05, 0) is 42.9 Å². The second kappa shape index (κ2) is 7.01. The molecule has 4 nitrogen and oxygen atoms in total. The Hall–Kier alpha value is -3.08. The van der Waals surface area contributed by atoms with Gasteiger partial charge in [-0.15, -0.1) is 0 Å². The van der Waals surface area contributed by atoms with Gasteiger partial charge in [0.25, 0.3) is 0 Å². The number of carbonyl (C=O) groups is 1. The van der Waals surface area contributed by atoms with Crippen LogP contribution in [-0.4, -0.2) is 20.9 Å². The fourth-order valence-corrected chi connectivity index (χ4v) is 5.54. The van der Waals surface area contributed by atoms with Crippen molar-refractivity contribution in [3.63, 3.8) is 0 Å². The molecule has 0 unspecified atom stereocenters. The Morgan fingerprint density at radius 3 is 2.53 bits per heavy atom. The summed E-state index contributed by atoms with van der Waals surface area (Å²) in [6.07, 6.45) is 2.48. The predicted molar refractivity (Wildman–Crippen MR) is 112 cm³/mol. The molecule has 0 radical (unpaired) electrons. The molecule has 0 saturated heterocycles. The summed E-state index contributed by atoms with van der Waals surface area (Å²) in [5.74, 6) is -0.0632. The summed E-state index contributed by atoms with van der Waals surface area (Å²) in [6.45, 7) is 2.01. The number of aromatic hydroxyl groups is 1. The highest BCUT2D eigenvalue weighted by molar-refractivity contribution is 5.83. The van der Waals surface area contributed by atoms with Gasteiger partial charge < -0.3 is 5.11 Å². The minimum absolute atomic E-state index is 0.0800. The molecule has 3 aromatic rings. The van der Waals surface area contributed by atoms with Crippen LogP contribution in [0.4, 0.5) is 4.39 Å². The van der Waals surface area contributed by atoms with Crippen molar-refractivity contribution in [3.8, 4) is 17.3 Å². The van der Waals surface area contributed by atoms with Crippen molar-refractivity contribution in [1.29, 1.82) is 0 Å². The molecule has 1 saturated carbocycles. The number of halogens is 1. The van der Waals surface area contributed by atoms with Crippen molar-refractivity contribution in [2.24, 2.45) is 11.8 Å². The molecule has 1 heterocycles. The summed E-state index contributed by atoms with van der Waals surface area (Å²) < 4.78 is 14.5. The minimum Gasteiger partial charge on any atom is -0.493 e. The first kappa shape index (κ1) is 18.9. The van der Waals surface area contributed by atoms with Crippen LogP contribution >= 0.6 is 0 Å². The van der Waals surface area contributed by atoms with Crippen LogP contribution in [0.3, 0.4) is 0 Å². The Morgan fingerprint density at radius 2 is 1.77 bits per heavy atom. The third-order valence-corrected chi connectivity index (χ3v) is 7.03. The molecule has 152 valence electrons. The van der Waals surface area contributed by atoms with Crippen LogP contribution in [0.5, 0.6) is 5.88 Å². The van der Waals surface area contributed by atoms with Crippen molar-refractivity contribution < 1.29 is 14.3 Å². The second-order valence-electron chi connectivity index (χ2n) is 8.42. The van der Waals surface area contributed by atoms with Gasteiger partial charge in [-0.2, -0.15) is 4.98 Å². The molecule has 5 heteroatoms. The maximum atomic E-state index is 14.5. The van der Waals surface area contributed by atoms with Gasteiger partial charge in [-0.3, -0.25) is 4.79 Å². The molecule has 2 aliphatic rings. The zero-order chi connectivity index (χ0) is 20.9. The van der Waals surface area contributed by atoms with Crippen LogP contribution in [0, 0.1) is 17.7 Å². The molecule has 0 aliphatic heterocycles. The lowest BCUT2D eigenvalue weighted by molar-refractivity contribution is -0.128. The zero-order valence-corrected chi connectivity index (χ0v) is 16.8. The fraction of sp³-hybridized carbons (Fsp3) is 0.320. The van der Waals surface area contributed by atoms with Crippen LogP contribution in [0.25, 0.3) is 11.4 Å². The van der Waals surface area contributed by atoms with Gasteiger partial charge in [-0.1, -0.05) is 49.4 Å². The molecular weight excluding hydrogens is 379 g/mol. The largest absolute Gasteiger partial charge is 0.493 e. The average Bonchev–Trinajstić information content (AvgIpc) is 2.77. The Labute approximate surface area is 174 Å². The summed E-state index contributed by atoms with van der Waals surface area (Å²) in [4.78, 5) is 21.7. The monoisotopic (exact) mass is 402 g/mol. The van der Waals surface area contributed by atoms with E-state index in [1.807, 2.05) is 25.1 Å². The van der Waals surface area contributed by atoms with Gasteiger partial charge in [-0.25, -0.2) is 9.37 Å². The summed E-state index contributed by atoms with van der Waals surface area (Å²) in [6, 6.07) is 16.5. The van der Waals surface area contributed by atoms with E-state index in [1.165, 1.54) is 6.07 Å². The van der Waals surface area contributed by atoms with Crippen molar-refractivity contribution in [1.82, 2.24) is 9.97 Å². The van der Waals surface area contributed by atoms with E-state index in [1.54, 1.807) is 18.2 Å². The average molecular weight is 402 g/mol. The van der Waals surface area contributed by atoms with Gasteiger partial charge in [0.05, 0.1) is 11.3 Å². The number of hydrogen-bond donors (Lipinski definition) is 1. The van der Waals surface area contributed by atoms with E-state index in [9.17, 15) is 14.3 Å². The topological polar surface area (TPSA) is 63.1 Å². The van der Waals surface area contributed by atoms with Gasteiger partial charge in [0.2, 0.25) is 5.88 Å². The smallest absolute Gasteiger partial charge is 0.218 e. The standard InChI is InChI=1S/C25H23FN2O2/c1-15-19-12-11-18-22(25(19,14-13-21(15)29)16-7-3-2-4-8-16)27-23(28-24(18)30)17-9-5-6-10-20(17)26/h2-10,15,19H,11-14H2,1H3,(H,27,28,30)/t15-,19-,25+/m0/s1. The number of Topliss-reactive ketones (excluding diaryl/α,β-unsaturated/α-hetero) is 1. The van der Waals surface area contributed by atoms with Crippen molar-refractivity contribution in [2.75, 3.05) is 0 Å². The highest BCUT2D eigenvalue weighted by Crippen LogP contribution is 2.55. The van der Waals surface area contributed by atoms with E-state index in [4.69, 9.17) is 4.98 Å². The Bertz CT molecular complexity index is 1130. The number of ketones is 1. The number of carbonyl (C=O) groups excluding carboxylic acids is 1. The number of benzene rings is 2. The predicted octanol–water partition coefficient (Wildman–Crippen LogP) is 4.84. The lowest BCUT2D eigenvalue weighted by Crippen LogP contribution is -2.50. The Morgan fingerprint density at radius 1 is 1.03 bits per heavy atom. The van der Waals surface area contributed by atoms with Crippen LogP contribution < -0.4 is 0 Å². The van der Waals surface area contributed by atoms with Crippen molar-refractivity contribution >= 4 is 5.78 Å². The van der Waals surface area contributed by atoms with Crippen LogP contribution in [-0.2, 0) is 16.6 Å². The number of aromatic nitrogens is 2.